The van der Waals surface area contributed by atoms with Crippen molar-refractivity contribution in [3.63, 3.8) is 0 Å². The Morgan fingerprint density at radius 2 is 1.52 bits per heavy atom. The van der Waals surface area contributed by atoms with E-state index in [1.165, 1.54) is 42.5 Å². The first-order valence-electron chi connectivity index (χ1n) is 9.36. The molecule has 0 fully saturated rings. The van der Waals surface area contributed by atoms with E-state index in [4.69, 9.17) is 4.42 Å². The number of nitrogens with one attached hydrogen (secondary N) is 2. The minimum atomic E-state index is -3.73. The van der Waals surface area contributed by atoms with Gasteiger partial charge in [-0.3, -0.25) is 9.52 Å². The lowest BCUT2D eigenvalue weighted by Gasteiger charge is -2.10. The SMILES string of the molecule is Cc1ccc(S(=O)(=O)Nc2ccc(NC(=O)c3cc4ccccc4oc3=O)cc2)cc1. The zero-order chi connectivity index (χ0) is 22.0. The Kier molecular flexibility index (Phi) is 5.31. The van der Waals surface area contributed by atoms with Gasteiger partial charge in [-0.25, -0.2) is 13.2 Å². The Bertz CT molecular complexity index is 1420. The van der Waals surface area contributed by atoms with Gasteiger partial charge in [-0.05, 0) is 55.5 Å². The summed E-state index contributed by atoms with van der Waals surface area (Å²) in [4.78, 5) is 24.8. The molecule has 0 saturated heterocycles. The van der Waals surface area contributed by atoms with E-state index in [1.54, 1.807) is 36.4 Å². The molecule has 2 N–H and O–H groups in total. The summed E-state index contributed by atoms with van der Waals surface area (Å²) in [6.45, 7) is 1.87. The molecule has 4 rings (SSSR count). The molecule has 0 bridgehead atoms. The van der Waals surface area contributed by atoms with Crippen LogP contribution in [0.4, 0.5) is 11.4 Å². The molecule has 0 aliphatic carbocycles. The van der Waals surface area contributed by atoms with Crippen molar-refractivity contribution < 1.29 is 17.6 Å². The number of fused-ring (bicyclic) bond motifs is 1. The number of amides is 1. The van der Waals surface area contributed by atoms with Crippen molar-refractivity contribution in [3.05, 3.63) is 100 Å². The Hall–Kier alpha value is -3.91. The maximum absolute atomic E-state index is 12.5. The summed E-state index contributed by atoms with van der Waals surface area (Å²) in [5, 5.41) is 3.25. The van der Waals surface area contributed by atoms with Gasteiger partial charge in [-0.2, -0.15) is 0 Å². The predicted octanol–water partition coefficient (Wildman–Crippen LogP) is 4.15. The lowest BCUT2D eigenvalue weighted by molar-refractivity contribution is 0.102. The lowest BCUT2D eigenvalue weighted by atomic mass is 10.1. The Labute approximate surface area is 178 Å². The zero-order valence-electron chi connectivity index (χ0n) is 16.5. The molecular formula is C23H18N2O5S. The highest BCUT2D eigenvalue weighted by Gasteiger charge is 2.15. The molecule has 0 spiro atoms. The van der Waals surface area contributed by atoms with Crippen LogP contribution in [0.15, 0.2) is 93.0 Å². The van der Waals surface area contributed by atoms with Crippen molar-refractivity contribution in [2.24, 2.45) is 0 Å². The summed E-state index contributed by atoms with van der Waals surface area (Å²) in [6.07, 6.45) is 0. The number of aryl methyl sites for hydroxylation is 1. The molecule has 0 aliphatic heterocycles. The molecule has 3 aromatic carbocycles. The first-order chi connectivity index (χ1) is 14.8. The standard InChI is InChI=1S/C23H18N2O5S/c1-15-6-12-19(13-7-15)31(28,29)25-18-10-8-17(9-11-18)24-22(26)20-14-16-4-2-3-5-21(16)30-23(20)27/h2-14,25H,1H3,(H,24,26). The molecule has 156 valence electrons. The molecule has 0 saturated carbocycles. The van der Waals surface area contributed by atoms with E-state index in [-0.39, 0.29) is 10.5 Å². The number of anilines is 2. The molecule has 1 amide bonds. The van der Waals surface area contributed by atoms with Crippen molar-refractivity contribution >= 4 is 38.3 Å². The Balaban J connectivity index is 1.50. The van der Waals surface area contributed by atoms with Gasteiger partial charge in [-0.1, -0.05) is 35.9 Å². The molecule has 0 radical (unpaired) electrons. The van der Waals surface area contributed by atoms with E-state index >= 15 is 0 Å². The van der Waals surface area contributed by atoms with Crippen LogP contribution in [0.1, 0.15) is 15.9 Å². The van der Waals surface area contributed by atoms with E-state index in [0.29, 0.717) is 22.3 Å². The quantitative estimate of drug-likeness (QED) is 0.459. The van der Waals surface area contributed by atoms with Crippen LogP contribution in [0, 0.1) is 6.92 Å². The summed E-state index contributed by atoms with van der Waals surface area (Å²) < 4.78 is 32.6. The topological polar surface area (TPSA) is 105 Å². The monoisotopic (exact) mass is 434 g/mol. The summed E-state index contributed by atoms with van der Waals surface area (Å²) in [5.74, 6) is -0.618. The van der Waals surface area contributed by atoms with Crippen molar-refractivity contribution in [1.29, 1.82) is 0 Å². The smallest absolute Gasteiger partial charge is 0.349 e. The molecule has 31 heavy (non-hydrogen) atoms. The number of benzene rings is 3. The maximum atomic E-state index is 12.5. The third-order valence-corrected chi connectivity index (χ3v) is 6.01. The second kappa shape index (κ2) is 8.08. The largest absolute Gasteiger partial charge is 0.422 e. The van der Waals surface area contributed by atoms with E-state index in [2.05, 4.69) is 10.0 Å². The van der Waals surface area contributed by atoms with Crippen LogP contribution in [0.2, 0.25) is 0 Å². The Morgan fingerprint density at radius 3 is 2.23 bits per heavy atom. The van der Waals surface area contributed by atoms with E-state index in [1.807, 2.05) is 6.92 Å². The summed E-state index contributed by atoms with van der Waals surface area (Å²) in [7, 11) is -3.73. The average Bonchev–Trinajstić information content (AvgIpc) is 2.74. The summed E-state index contributed by atoms with van der Waals surface area (Å²) in [6, 6.07) is 21.0. The fraction of sp³-hybridized carbons (Fsp3) is 0.0435. The fourth-order valence-corrected chi connectivity index (χ4v) is 4.03. The van der Waals surface area contributed by atoms with Crippen molar-refractivity contribution in [3.8, 4) is 0 Å². The predicted molar refractivity (Wildman–Crippen MR) is 119 cm³/mol. The second-order valence-corrected chi connectivity index (χ2v) is 8.62. The van der Waals surface area contributed by atoms with Gasteiger partial charge in [0, 0.05) is 16.8 Å². The highest BCUT2D eigenvalue weighted by Crippen LogP contribution is 2.20. The van der Waals surface area contributed by atoms with E-state index < -0.39 is 21.6 Å². The van der Waals surface area contributed by atoms with Gasteiger partial charge in [-0.15, -0.1) is 0 Å². The second-order valence-electron chi connectivity index (χ2n) is 6.94. The molecular weight excluding hydrogens is 416 g/mol. The number of carbonyl (C=O) groups excluding carboxylic acids is 1. The number of carbonyl (C=O) groups is 1. The molecule has 8 heteroatoms. The number of sulfonamides is 1. The molecule has 1 aromatic heterocycles. The van der Waals surface area contributed by atoms with Crippen molar-refractivity contribution in [1.82, 2.24) is 0 Å². The minimum Gasteiger partial charge on any atom is -0.422 e. The summed E-state index contributed by atoms with van der Waals surface area (Å²) in [5.41, 5.74) is 1.23. The third kappa shape index (κ3) is 4.49. The number of para-hydroxylation sites is 1. The maximum Gasteiger partial charge on any atom is 0.349 e. The van der Waals surface area contributed by atoms with Crippen LogP contribution >= 0.6 is 0 Å². The van der Waals surface area contributed by atoms with Crippen LogP contribution in [0.5, 0.6) is 0 Å². The zero-order valence-corrected chi connectivity index (χ0v) is 17.3. The number of hydrogen-bond donors (Lipinski definition) is 2. The van der Waals surface area contributed by atoms with Crippen LogP contribution in [-0.4, -0.2) is 14.3 Å². The molecule has 0 atom stereocenters. The molecule has 7 nitrogen and oxygen atoms in total. The van der Waals surface area contributed by atoms with Crippen LogP contribution < -0.4 is 15.7 Å². The number of rotatable bonds is 5. The number of hydrogen-bond acceptors (Lipinski definition) is 5. The van der Waals surface area contributed by atoms with E-state index in [0.717, 1.165) is 5.56 Å². The lowest BCUT2D eigenvalue weighted by Crippen LogP contribution is -2.20. The molecule has 1 heterocycles. The van der Waals surface area contributed by atoms with Gasteiger partial charge in [0.2, 0.25) is 0 Å². The molecule has 0 aliphatic rings. The first-order valence-corrected chi connectivity index (χ1v) is 10.8. The van der Waals surface area contributed by atoms with Gasteiger partial charge in [0.1, 0.15) is 11.1 Å². The van der Waals surface area contributed by atoms with Gasteiger partial charge >= 0.3 is 5.63 Å². The highest BCUT2D eigenvalue weighted by molar-refractivity contribution is 7.92. The summed E-state index contributed by atoms with van der Waals surface area (Å²) >= 11 is 0. The highest BCUT2D eigenvalue weighted by atomic mass is 32.2. The molecule has 0 unspecified atom stereocenters. The van der Waals surface area contributed by atoms with Gasteiger partial charge in [0.25, 0.3) is 15.9 Å². The first kappa shape index (κ1) is 20.4. The fourth-order valence-electron chi connectivity index (χ4n) is 2.97. The Morgan fingerprint density at radius 1 is 0.871 bits per heavy atom. The van der Waals surface area contributed by atoms with Crippen LogP contribution in [-0.2, 0) is 10.0 Å². The van der Waals surface area contributed by atoms with Crippen molar-refractivity contribution in [2.45, 2.75) is 11.8 Å². The minimum absolute atomic E-state index is 0.122. The van der Waals surface area contributed by atoms with Gasteiger partial charge in [0.05, 0.1) is 4.90 Å². The molecule has 4 aromatic rings. The normalized spacial score (nSPS) is 11.3. The van der Waals surface area contributed by atoms with Gasteiger partial charge in [0.15, 0.2) is 0 Å². The van der Waals surface area contributed by atoms with E-state index in [9.17, 15) is 18.0 Å². The van der Waals surface area contributed by atoms with Crippen LogP contribution in [0.25, 0.3) is 11.0 Å². The van der Waals surface area contributed by atoms with Crippen molar-refractivity contribution in [2.75, 3.05) is 10.0 Å². The third-order valence-electron chi connectivity index (χ3n) is 4.61. The average molecular weight is 434 g/mol. The van der Waals surface area contributed by atoms with Gasteiger partial charge < -0.3 is 9.73 Å². The van der Waals surface area contributed by atoms with Crippen LogP contribution in [0.3, 0.4) is 0 Å².